The molecule has 2 heterocycles. The van der Waals surface area contributed by atoms with Crippen molar-refractivity contribution >= 4 is 50.1 Å². The Kier molecular flexibility index (Phi) is 7.24. The molecule has 9 aromatic carbocycles. The zero-order valence-electron chi connectivity index (χ0n) is 30.0. The van der Waals surface area contributed by atoms with Crippen LogP contribution in [0.2, 0.25) is 0 Å². The van der Waals surface area contributed by atoms with Gasteiger partial charge in [0.15, 0.2) is 0 Å². The van der Waals surface area contributed by atoms with Crippen LogP contribution in [0.15, 0.2) is 205 Å². The molecule has 0 aromatic heterocycles. The van der Waals surface area contributed by atoms with E-state index in [4.69, 9.17) is 4.99 Å². The van der Waals surface area contributed by atoms with Crippen LogP contribution in [0.5, 0.6) is 0 Å². The van der Waals surface area contributed by atoms with Gasteiger partial charge in [-0.25, -0.2) is 4.99 Å². The normalized spacial score (nSPS) is 14.2. The predicted octanol–water partition coefficient (Wildman–Crippen LogP) is 14.0. The van der Waals surface area contributed by atoms with Crippen LogP contribution in [-0.2, 0) is 0 Å². The molecule has 2 aliphatic heterocycles. The minimum atomic E-state index is -0.116. The highest BCUT2D eigenvalue weighted by Crippen LogP contribution is 2.50. The van der Waals surface area contributed by atoms with Crippen molar-refractivity contribution in [1.82, 2.24) is 0 Å². The van der Waals surface area contributed by atoms with Crippen LogP contribution < -0.4 is 10.2 Å². The Bertz CT molecular complexity index is 2960. The van der Waals surface area contributed by atoms with E-state index in [9.17, 15) is 0 Å². The van der Waals surface area contributed by atoms with E-state index in [2.05, 4.69) is 210 Å². The largest absolute Gasteiger partial charge is 0.370 e. The molecule has 0 saturated heterocycles. The number of amidine groups is 1. The molecule has 0 amide bonds. The molecule has 11 rings (SSSR count). The summed E-state index contributed by atoms with van der Waals surface area (Å²) in [6, 6.07) is 72.3. The summed E-state index contributed by atoms with van der Waals surface area (Å²) in [5, 5.41) is 8.79. The number of nitrogens with one attached hydrogen (secondary N) is 1. The molecule has 0 bridgehead atoms. The molecule has 0 aliphatic carbocycles. The summed E-state index contributed by atoms with van der Waals surface area (Å²) in [5.74, 6) is 0.985. The lowest BCUT2D eigenvalue weighted by Gasteiger charge is -2.28. The van der Waals surface area contributed by atoms with Gasteiger partial charge >= 0.3 is 0 Å². The van der Waals surface area contributed by atoms with E-state index in [1.54, 1.807) is 0 Å². The average Bonchev–Trinajstić information content (AvgIpc) is 3.57. The summed E-state index contributed by atoms with van der Waals surface area (Å²) in [4.78, 5) is 7.76. The fraction of sp³-hybridized carbons (Fsp3) is 0.0192. The lowest BCUT2D eigenvalue weighted by atomic mass is 9.91. The van der Waals surface area contributed by atoms with Gasteiger partial charge in [0.2, 0.25) is 0 Å². The zero-order chi connectivity index (χ0) is 36.3. The first kappa shape index (κ1) is 31.3. The van der Waals surface area contributed by atoms with E-state index in [-0.39, 0.29) is 6.04 Å². The quantitative estimate of drug-likeness (QED) is 0.193. The van der Waals surface area contributed by atoms with Crippen LogP contribution in [0.3, 0.4) is 0 Å². The number of aliphatic imine (C=N–C) groups is 1. The Hall–Kier alpha value is -7.23. The third-order valence-corrected chi connectivity index (χ3v) is 11.2. The Morgan fingerprint density at radius 1 is 0.400 bits per heavy atom. The summed E-state index contributed by atoms with van der Waals surface area (Å²) in [5.41, 5.74) is 15.0. The van der Waals surface area contributed by atoms with Crippen molar-refractivity contribution in [3.63, 3.8) is 0 Å². The lowest BCUT2D eigenvalue weighted by molar-refractivity contribution is 1.04. The van der Waals surface area contributed by atoms with Crippen molar-refractivity contribution in [1.29, 1.82) is 0 Å². The first-order valence-corrected chi connectivity index (χ1v) is 18.9. The van der Waals surface area contributed by atoms with E-state index in [1.165, 1.54) is 71.6 Å². The van der Waals surface area contributed by atoms with Crippen LogP contribution in [0.25, 0.3) is 66.1 Å². The van der Waals surface area contributed by atoms with Gasteiger partial charge in [-0.05, 0) is 115 Å². The van der Waals surface area contributed by atoms with Crippen molar-refractivity contribution in [2.24, 2.45) is 4.99 Å². The zero-order valence-corrected chi connectivity index (χ0v) is 30.0. The Morgan fingerprint density at radius 2 is 1.04 bits per heavy atom. The highest BCUT2D eigenvalue weighted by molar-refractivity contribution is 6.21. The fourth-order valence-corrected chi connectivity index (χ4v) is 8.53. The monoisotopic (exact) mass is 701 g/mol. The molecule has 3 heteroatoms. The van der Waals surface area contributed by atoms with E-state index in [0.717, 1.165) is 28.6 Å². The van der Waals surface area contributed by atoms with E-state index in [0.29, 0.717) is 0 Å². The van der Waals surface area contributed by atoms with Gasteiger partial charge in [0.1, 0.15) is 11.9 Å². The highest BCUT2D eigenvalue weighted by Gasteiger charge is 2.39. The Balaban J connectivity index is 1.09. The third kappa shape index (κ3) is 5.32. The molecule has 258 valence electrons. The molecular weight excluding hydrogens is 667 g/mol. The fourth-order valence-electron chi connectivity index (χ4n) is 8.53. The van der Waals surface area contributed by atoms with Gasteiger partial charge in [0, 0.05) is 10.9 Å². The minimum absolute atomic E-state index is 0.116. The maximum Gasteiger partial charge on any atom is 0.141 e. The van der Waals surface area contributed by atoms with E-state index >= 15 is 0 Å². The average molecular weight is 702 g/mol. The first-order valence-electron chi connectivity index (χ1n) is 18.9. The molecule has 0 spiro atoms. The summed E-state index contributed by atoms with van der Waals surface area (Å²) < 4.78 is 0. The summed E-state index contributed by atoms with van der Waals surface area (Å²) in [7, 11) is 0. The van der Waals surface area contributed by atoms with Crippen molar-refractivity contribution in [3.05, 3.63) is 206 Å². The van der Waals surface area contributed by atoms with Gasteiger partial charge in [-0.15, -0.1) is 0 Å². The van der Waals surface area contributed by atoms with Gasteiger partial charge in [-0.3, -0.25) is 4.90 Å². The maximum absolute atomic E-state index is 5.38. The molecule has 1 atom stereocenters. The smallest absolute Gasteiger partial charge is 0.141 e. The Labute approximate surface area is 320 Å². The van der Waals surface area contributed by atoms with E-state index < -0.39 is 0 Å². The van der Waals surface area contributed by atoms with Crippen LogP contribution >= 0.6 is 0 Å². The maximum atomic E-state index is 5.38. The molecule has 1 unspecified atom stereocenters. The van der Waals surface area contributed by atoms with Gasteiger partial charge < -0.3 is 5.32 Å². The summed E-state index contributed by atoms with van der Waals surface area (Å²) in [6.45, 7) is 0. The van der Waals surface area contributed by atoms with Gasteiger partial charge in [0.05, 0.1) is 22.7 Å². The molecule has 3 nitrogen and oxygen atoms in total. The van der Waals surface area contributed by atoms with Crippen molar-refractivity contribution in [3.8, 4) is 44.5 Å². The minimum Gasteiger partial charge on any atom is -0.370 e. The van der Waals surface area contributed by atoms with Gasteiger partial charge in [-0.1, -0.05) is 146 Å². The summed E-state index contributed by atoms with van der Waals surface area (Å²) >= 11 is 0. The number of hydrogen-bond donors (Lipinski definition) is 1. The van der Waals surface area contributed by atoms with Crippen LogP contribution in [-0.4, -0.2) is 5.84 Å². The number of benzene rings is 9. The van der Waals surface area contributed by atoms with Crippen molar-refractivity contribution in [2.45, 2.75) is 6.04 Å². The molecule has 0 radical (unpaired) electrons. The predicted molar refractivity (Wildman–Crippen MR) is 232 cm³/mol. The number of anilines is 3. The molecule has 9 aromatic rings. The molecule has 55 heavy (non-hydrogen) atoms. The molecule has 1 N–H and O–H groups in total. The Morgan fingerprint density at radius 3 is 1.85 bits per heavy atom. The molecular formula is C52H35N3. The topological polar surface area (TPSA) is 27.6 Å². The second-order valence-corrected chi connectivity index (χ2v) is 14.4. The number of rotatable bonds is 5. The SMILES string of the molecule is c1ccc(-c2cc(-c3ccc4c(c3)C3Nc5ccccc5N=C3N4c3cccc4c(-c5ccccc5)cccc34)cc(-c3ccc4ccccc4c3)c2)cc1. The second-order valence-electron chi connectivity index (χ2n) is 14.4. The van der Waals surface area contributed by atoms with Crippen molar-refractivity contribution in [2.75, 3.05) is 10.2 Å². The van der Waals surface area contributed by atoms with Crippen LogP contribution in [0, 0.1) is 0 Å². The number of hydrogen-bond acceptors (Lipinski definition) is 3. The van der Waals surface area contributed by atoms with Gasteiger partial charge in [-0.2, -0.15) is 0 Å². The highest BCUT2D eigenvalue weighted by atomic mass is 15.3. The first-order chi connectivity index (χ1) is 27.2. The lowest BCUT2D eigenvalue weighted by Crippen LogP contribution is -2.30. The second kappa shape index (κ2) is 12.7. The summed E-state index contributed by atoms with van der Waals surface area (Å²) in [6.07, 6.45) is 0. The number of fused-ring (bicyclic) bond motifs is 6. The van der Waals surface area contributed by atoms with Crippen LogP contribution in [0.4, 0.5) is 22.7 Å². The molecule has 0 fully saturated rings. The number of nitrogens with zero attached hydrogens (tertiary/aromatic N) is 2. The number of para-hydroxylation sites is 2. The van der Waals surface area contributed by atoms with Crippen molar-refractivity contribution < 1.29 is 0 Å². The molecule has 2 aliphatic rings. The standard InChI is InChI=1S/C52H35N3/c1-3-13-34(14-4-1)40-30-41(38-26-25-35-15-7-8-18-37(35)29-38)32-42(31-40)39-27-28-50-46(33-39)51-52(54-48-23-10-9-22-47(48)53-51)55(50)49-24-12-20-44-43(19-11-21-45(44)49)36-16-5-2-6-17-36/h1-33,51,53H. The molecule has 0 saturated carbocycles. The third-order valence-electron chi connectivity index (χ3n) is 11.2. The van der Waals surface area contributed by atoms with Gasteiger partial charge in [0.25, 0.3) is 0 Å². The van der Waals surface area contributed by atoms with E-state index in [1.807, 2.05) is 0 Å². The van der Waals surface area contributed by atoms with Crippen LogP contribution in [0.1, 0.15) is 11.6 Å².